The molecule has 1 atom stereocenters. The van der Waals surface area contributed by atoms with Gasteiger partial charge in [-0.15, -0.1) is 0 Å². The summed E-state index contributed by atoms with van der Waals surface area (Å²) in [4.78, 5) is 0. The summed E-state index contributed by atoms with van der Waals surface area (Å²) in [7, 11) is 0. The van der Waals surface area contributed by atoms with Crippen molar-refractivity contribution in [3.63, 3.8) is 0 Å². The second-order valence-corrected chi connectivity index (χ2v) is 5.34. The number of hydrogen-bond acceptors (Lipinski definition) is 2. The minimum atomic E-state index is 0.103. The molecule has 0 amide bonds. The molecule has 2 heteroatoms. The van der Waals surface area contributed by atoms with Crippen molar-refractivity contribution < 1.29 is 4.74 Å². The van der Waals surface area contributed by atoms with Gasteiger partial charge < -0.3 is 10.5 Å². The largest absolute Gasteiger partial charge is 0.457 e. The molecule has 0 spiro atoms. The zero-order valence-corrected chi connectivity index (χ0v) is 12.7. The number of aryl methyl sites for hydroxylation is 2. The molecule has 2 rings (SSSR count). The fourth-order valence-electron chi connectivity index (χ4n) is 2.22. The molecule has 1 unspecified atom stereocenters. The zero-order chi connectivity index (χ0) is 14.7. The van der Waals surface area contributed by atoms with Crippen LogP contribution >= 0.6 is 0 Å². The molecule has 0 aromatic heterocycles. The third-order valence-corrected chi connectivity index (χ3v) is 3.84. The van der Waals surface area contributed by atoms with Crippen molar-refractivity contribution in [3.8, 4) is 11.5 Å². The number of ether oxygens (including phenoxy) is 1. The lowest BCUT2D eigenvalue weighted by atomic mass is 10.0. The average molecular weight is 269 g/mol. The van der Waals surface area contributed by atoms with E-state index >= 15 is 0 Å². The molecule has 2 N–H and O–H groups in total. The minimum Gasteiger partial charge on any atom is -0.457 e. The van der Waals surface area contributed by atoms with Crippen LogP contribution in [0.5, 0.6) is 11.5 Å². The third kappa shape index (κ3) is 3.02. The molecule has 2 nitrogen and oxygen atoms in total. The van der Waals surface area contributed by atoms with Crippen LogP contribution in [-0.2, 0) is 0 Å². The van der Waals surface area contributed by atoms with E-state index in [-0.39, 0.29) is 6.04 Å². The van der Waals surface area contributed by atoms with Crippen LogP contribution in [0.4, 0.5) is 0 Å². The van der Waals surface area contributed by atoms with E-state index in [1.54, 1.807) is 0 Å². The normalized spacial score (nSPS) is 12.2. The smallest absolute Gasteiger partial charge is 0.133 e. The molecule has 0 aliphatic rings. The second kappa shape index (κ2) is 6.10. The molecule has 0 aliphatic carbocycles. The van der Waals surface area contributed by atoms with Crippen molar-refractivity contribution in [3.05, 3.63) is 58.7 Å². The lowest BCUT2D eigenvalue weighted by Gasteiger charge is -2.15. The third-order valence-electron chi connectivity index (χ3n) is 3.84. The van der Waals surface area contributed by atoms with Crippen molar-refractivity contribution in [2.24, 2.45) is 5.73 Å². The first-order chi connectivity index (χ1) is 9.52. The van der Waals surface area contributed by atoms with Gasteiger partial charge in [0.05, 0.1) is 0 Å². The van der Waals surface area contributed by atoms with Gasteiger partial charge in [-0.25, -0.2) is 0 Å². The highest BCUT2D eigenvalue weighted by molar-refractivity contribution is 5.47. The molecule has 0 fully saturated rings. The molecule has 0 saturated heterocycles. The van der Waals surface area contributed by atoms with Gasteiger partial charge in [0.2, 0.25) is 0 Å². The Morgan fingerprint density at radius 1 is 0.950 bits per heavy atom. The molecular formula is C18H23NO. The summed E-state index contributed by atoms with van der Waals surface area (Å²) >= 11 is 0. The van der Waals surface area contributed by atoms with Crippen molar-refractivity contribution >= 4 is 0 Å². The van der Waals surface area contributed by atoms with Crippen LogP contribution in [0.15, 0.2) is 36.4 Å². The molecular weight excluding hydrogens is 246 g/mol. The number of hydrogen-bond donors (Lipinski definition) is 1. The Balaban J connectivity index is 2.25. The maximum absolute atomic E-state index is 6.05. The summed E-state index contributed by atoms with van der Waals surface area (Å²) in [5.41, 5.74) is 10.8. The van der Waals surface area contributed by atoms with Gasteiger partial charge >= 0.3 is 0 Å². The maximum Gasteiger partial charge on any atom is 0.133 e. The van der Waals surface area contributed by atoms with Gasteiger partial charge in [0.1, 0.15) is 11.5 Å². The minimum absolute atomic E-state index is 0.103. The van der Waals surface area contributed by atoms with E-state index in [0.29, 0.717) is 0 Å². The summed E-state index contributed by atoms with van der Waals surface area (Å²) in [6.45, 7) is 8.36. The van der Waals surface area contributed by atoms with E-state index in [0.717, 1.165) is 29.0 Å². The van der Waals surface area contributed by atoms with E-state index in [4.69, 9.17) is 10.5 Å². The molecule has 0 saturated carbocycles. The topological polar surface area (TPSA) is 35.2 Å². The molecule has 20 heavy (non-hydrogen) atoms. The van der Waals surface area contributed by atoms with Crippen molar-refractivity contribution in [2.75, 3.05) is 0 Å². The summed E-state index contributed by atoms with van der Waals surface area (Å²) in [6.07, 6.45) is 0.941. The first kappa shape index (κ1) is 14.6. The Bertz CT molecular complexity index is 587. The Hall–Kier alpha value is -1.80. The predicted molar refractivity (Wildman–Crippen MR) is 84.4 cm³/mol. The van der Waals surface area contributed by atoms with Gasteiger partial charge in [0.15, 0.2) is 0 Å². The monoisotopic (exact) mass is 269 g/mol. The lowest BCUT2D eigenvalue weighted by Crippen LogP contribution is -2.08. The van der Waals surface area contributed by atoms with E-state index in [2.05, 4.69) is 39.8 Å². The highest BCUT2D eigenvalue weighted by Crippen LogP contribution is 2.31. The standard InChI is InChI=1S/C18H23NO/c1-5-17(19)15-8-10-16(11-9-15)20-18-13(3)7-6-12(2)14(18)4/h6-11,17H,5,19H2,1-4H3. The molecule has 106 valence electrons. The van der Waals surface area contributed by atoms with Crippen LogP contribution in [0, 0.1) is 20.8 Å². The molecule has 0 radical (unpaired) electrons. The fourth-order valence-corrected chi connectivity index (χ4v) is 2.22. The lowest BCUT2D eigenvalue weighted by molar-refractivity contribution is 0.474. The zero-order valence-electron chi connectivity index (χ0n) is 12.7. The van der Waals surface area contributed by atoms with Crippen LogP contribution < -0.4 is 10.5 Å². The maximum atomic E-state index is 6.05. The van der Waals surface area contributed by atoms with E-state index in [9.17, 15) is 0 Å². The Labute approximate surface area is 121 Å². The summed E-state index contributed by atoms with van der Waals surface area (Å²) in [5, 5.41) is 0. The predicted octanol–water partition coefficient (Wildman–Crippen LogP) is 4.81. The van der Waals surface area contributed by atoms with Crippen molar-refractivity contribution in [2.45, 2.75) is 40.2 Å². The first-order valence-electron chi connectivity index (χ1n) is 7.13. The number of rotatable bonds is 4. The highest BCUT2D eigenvalue weighted by Gasteiger charge is 2.08. The van der Waals surface area contributed by atoms with Gasteiger partial charge in [-0.05, 0) is 61.6 Å². The van der Waals surface area contributed by atoms with Crippen LogP contribution in [-0.4, -0.2) is 0 Å². The molecule has 0 heterocycles. The van der Waals surface area contributed by atoms with E-state index in [1.807, 2.05) is 24.3 Å². The summed E-state index contributed by atoms with van der Waals surface area (Å²) in [5.74, 6) is 1.81. The van der Waals surface area contributed by atoms with Gasteiger partial charge in [-0.2, -0.15) is 0 Å². The van der Waals surface area contributed by atoms with Gasteiger partial charge in [-0.1, -0.05) is 31.2 Å². The van der Waals surface area contributed by atoms with Crippen molar-refractivity contribution in [1.82, 2.24) is 0 Å². The summed E-state index contributed by atoms with van der Waals surface area (Å²) in [6, 6.07) is 12.4. The molecule has 0 bridgehead atoms. The van der Waals surface area contributed by atoms with Gasteiger partial charge in [0, 0.05) is 6.04 Å². The fraction of sp³-hybridized carbons (Fsp3) is 0.333. The van der Waals surface area contributed by atoms with Crippen LogP contribution in [0.1, 0.15) is 41.6 Å². The van der Waals surface area contributed by atoms with E-state index < -0.39 is 0 Å². The van der Waals surface area contributed by atoms with Crippen LogP contribution in [0.2, 0.25) is 0 Å². The Morgan fingerprint density at radius 2 is 1.55 bits per heavy atom. The second-order valence-electron chi connectivity index (χ2n) is 5.34. The Morgan fingerprint density at radius 3 is 2.15 bits per heavy atom. The highest BCUT2D eigenvalue weighted by atomic mass is 16.5. The van der Waals surface area contributed by atoms with Gasteiger partial charge in [-0.3, -0.25) is 0 Å². The van der Waals surface area contributed by atoms with Crippen LogP contribution in [0.3, 0.4) is 0 Å². The first-order valence-corrected chi connectivity index (χ1v) is 7.13. The SMILES string of the molecule is CCC(N)c1ccc(Oc2c(C)ccc(C)c2C)cc1. The quantitative estimate of drug-likeness (QED) is 0.864. The molecule has 0 aliphatic heterocycles. The summed E-state index contributed by atoms with van der Waals surface area (Å²) < 4.78 is 6.05. The van der Waals surface area contributed by atoms with Gasteiger partial charge in [0.25, 0.3) is 0 Å². The average Bonchev–Trinajstić information content (AvgIpc) is 2.47. The molecule has 2 aromatic rings. The van der Waals surface area contributed by atoms with Crippen LogP contribution in [0.25, 0.3) is 0 Å². The van der Waals surface area contributed by atoms with E-state index in [1.165, 1.54) is 11.1 Å². The Kier molecular flexibility index (Phi) is 4.46. The number of benzene rings is 2. The van der Waals surface area contributed by atoms with Crippen molar-refractivity contribution in [1.29, 1.82) is 0 Å². The number of nitrogens with two attached hydrogens (primary N) is 1. The molecule has 2 aromatic carbocycles.